The van der Waals surface area contributed by atoms with Crippen LogP contribution in [0.5, 0.6) is 5.75 Å². The van der Waals surface area contributed by atoms with E-state index in [0.717, 1.165) is 19.4 Å². The fraction of sp³-hybridized carbons (Fsp3) is 0.643. The largest absolute Gasteiger partial charge is 0.488 e. The van der Waals surface area contributed by atoms with Gasteiger partial charge in [0.1, 0.15) is 0 Å². The van der Waals surface area contributed by atoms with Crippen LogP contribution < -0.4 is 10.2 Å². The summed E-state index contributed by atoms with van der Waals surface area (Å²) in [6, 6.07) is 1.48. The topological polar surface area (TPSA) is 62.4 Å². The van der Waals surface area contributed by atoms with Gasteiger partial charge in [-0.15, -0.1) is 0 Å². The van der Waals surface area contributed by atoms with Crippen LogP contribution in [-0.4, -0.2) is 47.1 Å². The van der Waals surface area contributed by atoms with Gasteiger partial charge < -0.3 is 14.6 Å². The minimum atomic E-state index is -0.945. The van der Waals surface area contributed by atoms with Crippen molar-refractivity contribution in [3.8, 4) is 5.75 Å². The van der Waals surface area contributed by atoms with Crippen LogP contribution in [0.25, 0.3) is 0 Å². The summed E-state index contributed by atoms with van der Waals surface area (Å²) >= 11 is 0. The number of ether oxygens (including phenoxy) is 1. The molecule has 114 valence electrons. The highest BCUT2D eigenvalue weighted by Gasteiger charge is 2.06. The van der Waals surface area contributed by atoms with Crippen LogP contribution in [0.2, 0.25) is 0 Å². The van der Waals surface area contributed by atoms with Gasteiger partial charge in [0.25, 0.3) is 0 Å². The Bertz CT molecular complexity index is 486. The monoisotopic (exact) mass is 300 g/mol. The zero-order valence-electron chi connectivity index (χ0n) is 12.5. The van der Waals surface area contributed by atoms with Gasteiger partial charge in [0.05, 0.1) is 12.4 Å². The highest BCUT2D eigenvalue weighted by Crippen LogP contribution is 2.05. The molecule has 0 aliphatic heterocycles. The maximum atomic E-state index is 11.9. The quantitative estimate of drug-likeness (QED) is 0.748. The van der Waals surface area contributed by atoms with Gasteiger partial charge in [-0.3, -0.25) is 9.00 Å². The van der Waals surface area contributed by atoms with Crippen molar-refractivity contribution < 1.29 is 8.95 Å². The van der Waals surface area contributed by atoms with Gasteiger partial charge in [-0.05, 0) is 33.5 Å². The summed E-state index contributed by atoms with van der Waals surface area (Å²) in [5.74, 6) is 1.36. The first-order valence-corrected chi connectivity index (χ1v) is 8.35. The second-order valence-electron chi connectivity index (χ2n) is 4.98. The lowest BCUT2D eigenvalue weighted by Gasteiger charge is -2.09. The van der Waals surface area contributed by atoms with Crippen molar-refractivity contribution in [1.29, 1.82) is 0 Å². The predicted molar refractivity (Wildman–Crippen MR) is 82.7 cm³/mol. The Labute approximate surface area is 122 Å². The van der Waals surface area contributed by atoms with Gasteiger partial charge in [-0.1, -0.05) is 6.92 Å². The summed E-state index contributed by atoms with van der Waals surface area (Å²) < 4.78 is 17.2. The normalized spacial score (nSPS) is 12.6. The van der Waals surface area contributed by atoms with Crippen LogP contribution in [0.3, 0.4) is 0 Å². The molecule has 0 aliphatic rings. The summed E-state index contributed by atoms with van der Waals surface area (Å²) in [7, 11) is 3.05. The maximum Gasteiger partial charge on any atom is 0.223 e. The van der Waals surface area contributed by atoms with Crippen LogP contribution in [0.1, 0.15) is 25.5 Å². The first-order chi connectivity index (χ1) is 9.52. The number of hydrogen-bond acceptors (Lipinski definition) is 4. The van der Waals surface area contributed by atoms with Gasteiger partial charge in [-0.25, -0.2) is 0 Å². The molecule has 0 saturated carbocycles. The molecule has 5 nitrogen and oxygen atoms in total. The summed E-state index contributed by atoms with van der Waals surface area (Å²) in [6.07, 6.45) is 3.31. The van der Waals surface area contributed by atoms with E-state index in [2.05, 4.69) is 9.88 Å². The van der Waals surface area contributed by atoms with Crippen molar-refractivity contribution in [3.63, 3.8) is 0 Å². The first-order valence-electron chi connectivity index (χ1n) is 6.87. The number of nitrogens with zero attached hydrogens (tertiary/aromatic N) is 1. The predicted octanol–water partition coefficient (Wildman–Crippen LogP) is 1.36. The van der Waals surface area contributed by atoms with E-state index in [1.165, 1.54) is 6.07 Å². The van der Waals surface area contributed by atoms with Crippen LogP contribution in [0.4, 0.5) is 0 Å². The van der Waals surface area contributed by atoms with E-state index in [4.69, 9.17) is 4.74 Å². The molecule has 0 saturated heterocycles. The fourth-order valence-electron chi connectivity index (χ4n) is 1.70. The van der Waals surface area contributed by atoms with Gasteiger partial charge in [0.2, 0.25) is 5.43 Å². The molecule has 1 aromatic heterocycles. The van der Waals surface area contributed by atoms with E-state index in [1.807, 2.05) is 21.0 Å². The second kappa shape index (κ2) is 8.92. The van der Waals surface area contributed by atoms with Crippen molar-refractivity contribution in [3.05, 3.63) is 28.2 Å². The van der Waals surface area contributed by atoms with Crippen LogP contribution in [0, 0.1) is 0 Å². The molecule has 0 bridgehead atoms. The third-order valence-electron chi connectivity index (χ3n) is 2.69. The molecule has 6 heteroatoms. The summed E-state index contributed by atoms with van der Waals surface area (Å²) in [4.78, 5) is 16.8. The van der Waals surface area contributed by atoms with Crippen LogP contribution in [0.15, 0.2) is 17.1 Å². The number of aromatic amines is 1. The number of rotatable bonds is 9. The average molecular weight is 300 g/mol. The highest BCUT2D eigenvalue weighted by atomic mass is 32.2. The van der Waals surface area contributed by atoms with Gasteiger partial charge in [0, 0.05) is 34.5 Å². The lowest BCUT2D eigenvalue weighted by atomic mass is 10.3. The molecule has 1 rings (SSSR count). The van der Waals surface area contributed by atoms with E-state index in [9.17, 15) is 9.00 Å². The Morgan fingerprint density at radius 3 is 2.75 bits per heavy atom. The standard InChI is InChI=1S/C14H24N2O3S/c1-4-7-19-14-10-15-12(9-13(14)17)11-20(18)8-5-6-16(2)3/h9-10H,4-8,11H2,1-3H3,(H,15,17). The Morgan fingerprint density at radius 1 is 1.40 bits per heavy atom. The first kappa shape index (κ1) is 16.9. The zero-order chi connectivity index (χ0) is 15.0. The molecule has 1 heterocycles. The molecule has 1 N–H and O–H groups in total. The molecule has 0 radical (unpaired) electrons. The van der Waals surface area contributed by atoms with E-state index in [1.54, 1.807) is 6.20 Å². The fourth-order valence-corrected chi connectivity index (χ4v) is 2.80. The van der Waals surface area contributed by atoms with Crippen molar-refractivity contribution in [1.82, 2.24) is 9.88 Å². The molecule has 0 fully saturated rings. The zero-order valence-corrected chi connectivity index (χ0v) is 13.3. The van der Waals surface area contributed by atoms with Gasteiger partial charge >= 0.3 is 0 Å². The van der Waals surface area contributed by atoms with Crippen LogP contribution >= 0.6 is 0 Å². The Kier molecular flexibility index (Phi) is 7.54. The van der Waals surface area contributed by atoms with Crippen LogP contribution in [-0.2, 0) is 16.6 Å². The smallest absolute Gasteiger partial charge is 0.223 e. The molecule has 1 atom stereocenters. The van der Waals surface area contributed by atoms with Crippen molar-refractivity contribution in [2.24, 2.45) is 0 Å². The number of H-pyrrole nitrogens is 1. The average Bonchev–Trinajstić information content (AvgIpc) is 2.37. The highest BCUT2D eigenvalue weighted by molar-refractivity contribution is 7.84. The van der Waals surface area contributed by atoms with Crippen molar-refractivity contribution >= 4 is 10.8 Å². The Morgan fingerprint density at radius 2 is 2.15 bits per heavy atom. The Hall–Kier alpha value is -1.14. The molecule has 1 aromatic rings. The molecule has 1 unspecified atom stereocenters. The number of hydrogen-bond donors (Lipinski definition) is 1. The minimum absolute atomic E-state index is 0.155. The molecule has 0 spiro atoms. The summed E-state index contributed by atoms with van der Waals surface area (Å²) in [5, 5.41) is 0. The molecule has 0 aliphatic carbocycles. The number of aromatic nitrogens is 1. The third kappa shape index (κ3) is 6.34. The van der Waals surface area contributed by atoms with Crippen molar-refractivity contribution in [2.45, 2.75) is 25.5 Å². The van der Waals surface area contributed by atoms with E-state index >= 15 is 0 Å². The lowest BCUT2D eigenvalue weighted by molar-refractivity contribution is 0.313. The van der Waals surface area contributed by atoms with E-state index in [0.29, 0.717) is 29.6 Å². The van der Waals surface area contributed by atoms with Gasteiger partial charge in [-0.2, -0.15) is 0 Å². The second-order valence-corrected chi connectivity index (χ2v) is 6.56. The molecular weight excluding hydrogens is 276 g/mol. The summed E-state index contributed by atoms with van der Waals surface area (Å²) in [5.41, 5.74) is 0.541. The number of nitrogens with one attached hydrogen (secondary N) is 1. The molecule has 20 heavy (non-hydrogen) atoms. The lowest BCUT2D eigenvalue weighted by Crippen LogP contribution is -2.16. The molecular formula is C14H24N2O3S. The molecule has 0 aromatic carbocycles. The minimum Gasteiger partial charge on any atom is -0.488 e. The molecule has 0 amide bonds. The SMILES string of the molecule is CCCOc1c[nH]c(CS(=O)CCCN(C)C)cc1=O. The van der Waals surface area contributed by atoms with E-state index in [-0.39, 0.29) is 5.43 Å². The maximum absolute atomic E-state index is 11.9. The van der Waals surface area contributed by atoms with Crippen molar-refractivity contribution in [2.75, 3.05) is 33.0 Å². The van der Waals surface area contributed by atoms with Gasteiger partial charge in [0.15, 0.2) is 5.75 Å². The third-order valence-corrected chi connectivity index (χ3v) is 4.07. The Balaban J connectivity index is 2.50. The number of pyridine rings is 1. The van der Waals surface area contributed by atoms with E-state index < -0.39 is 10.8 Å². The summed E-state index contributed by atoms with van der Waals surface area (Å²) in [6.45, 7) is 3.43.